The molecule has 0 amide bonds. The maximum atomic E-state index is 13.1. The van der Waals surface area contributed by atoms with Crippen LogP contribution in [0.25, 0.3) is 0 Å². The number of nitrogens with zero attached hydrogens (tertiary/aromatic N) is 3. The first-order valence-electron chi connectivity index (χ1n) is 9.22. The van der Waals surface area contributed by atoms with Crippen molar-refractivity contribution in [3.63, 3.8) is 0 Å². The summed E-state index contributed by atoms with van der Waals surface area (Å²) < 4.78 is 35.0. The van der Waals surface area contributed by atoms with E-state index in [9.17, 15) is 8.42 Å². The lowest BCUT2D eigenvalue weighted by atomic mass is 10.2. The molecule has 8 heteroatoms. The highest BCUT2D eigenvalue weighted by molar-refractivity contribution is 7.86. The molecule has 2 fully saturated rings. The lowest BCUT2D eigenvalue weighted by molar-refractivity contribution is -0.0454. The van der Waals surface area contributed by atoms with Crippen molar-refractivity contribution < 1.29 is 13.2 Å². The molecule has 0 aliphatic carbocycles. The number of benzene rings is 1. The quantitative estimate of drug-likeness (QED) is 0.776. The van der Waals surface area contributed by atoms with Crippen LogP contribution in [0, 0.1) is 0 Å². The summed E-state index contributed by atoms with van der Waals surface area (Å²) in [6.07, 6.45) is 0.700. The molecule has 1 aromatic rings. The van der Waals surface area contributed by atoms with E-state index in [1.54, 1.807) is 8.61 Å². The van der Waals surface area contributed by atoms with E-state index in [2.05, 4.69) is 4.90 Å². The van der Waals surface area contributed by atoms with Gasteiger partial charge in [-0.25, -0.2) is 0 Å². The van der Waals surface area contributed by atoms with E-state index in [1.807, 2.05) is 38.1 Å². The second-order valence-corrected chi connectivity index (χ2v) is 9.60. The van der Waals surface area contributed by atoms with Crippen molar-refractivity contribution in [2.24, 2.45) is 0 Å². The number of rotatable bonds is 4. The number of halogens is 1. The second-order valence-electron chi connectivity index (χ2n) is 7.24. The Morgan fingerprint density at radius 2 is 1.65 bits per heavy atom. The third kappa shape index (κ3) is 4.97. The van der Waals surface area contributed by atoms with Crippen molar-refractivity contribution in [3.8, 4) is 0 Å². The van der Waals surface area contributed by atoms with Crippen molar-refractivity contribution >= 4 is 21.8 Å². The van der Waals surface area contributed by atoms with Crippen LogP contribution in [0.3, 0.4) is 0 Å². The van der Waals surface area contributed by atoms with Gasteiger partial charge in [0.2, 0.25) is 0 Å². The molecule has 0 bridgehead atoms. The lowest BCUT2D eigenvalue weighted by Crippen LogP contribution is -2.53. The van der Waals surface area contributed by atoms with Crippen LogP contribution in [0.2, 0.25) is 5.02 Å². The van der Waals surface area contributed by atoms with Crippen LogP contribution in [0.15, 0.2) is 24.3 Å². The Bertz CT molecular complexity index is 688. The van der Waals surface area contributed by atoms with Crippen LogP contribution >= 0.6 is 11.6 Å². The summed E-state index contributed by atoms with van der Waals surface area (Å²) in [5.41, 5.74) is 1.20. The molecule has 1 aromatic carbocycles. The van der Waals surface area contributed by atoms with Gasteiger partial charge in [-0.2, -0.15) is 17.0 Å². The summed E-state index contributed by atoms with van der Waals surface area (Å²) in [6, 6.07) is 7.84. The van der Waals surface area contributed by atoms with Gasteiger partial charge in [0.15, 0.2) is 0 Å². The molecule has 146 valence electrons. The fourth-order valence-electron chi connectivity index (χ4n) is 3.67. The summed E-state index contributed by atoms with van der Waals surface area (Å²) in [6.45, 7) is 8.24. The van der Waals surface area contributed by atoms with Crippen LogP contribution in [0.5, 0.6) is 0 Å². The maximum absolute atomic E-state index is 13.1. The Labute approximate surface area is 161 Å². The van der Waals surface area contributed by atoms with Crippen LogP contribution in [-0.4, -0.2) is 73.4 Å². The van der Waals surface area contributed by atoms with Gasteiger partial charge >= 0.3 is 0 Å². The van der Waals surface area contributed by atoms with E-state index in [0.29, 0.717) is 26.2 Å². The number of hydrogen-bond acceptors (Lipinski definition) is 4. The summed E-state index contributed by atoms with van der Waals surface area (Å²) in [5.74, 6) is 0. The highest BCUT2D eigenvalue weighted by Crippen LogP contribution is 2.20. The normalized spacial score (nSPS) is 27.3. The zero-order chi connectivity index (χ0) is 18.7. The minimum absolute atomic E-state index is 0.0677. The molecular weight excluding hydrogens is 374 g/mol. The van der Waals surface area contributed by atoms with Gasteiger partial charge in [0.05, 0.1) is 12.2 Å². The molecule has 26 heavy (non-hydrogen) atoms. The van der Waals surface area contributed by atoms with E-state index in [4.69, 9.17) is 16.3 Å². The highest BCUT2D eigenvalue weighted by atomic mass is 35.5. The van der Waals surface area contributed by atoms with Crippen molar-refractivity contribution in [2.45, 2.75) is 39.0 Å². The van der Waals surface area contributed by atoms with E-state index >= 15 is 0 Å². The monoisotopic (exact) mass is 401 g/mol. The topological polar surface area (TPSA) is 53.1 Å². The molecule has 2 unspecified atom stereocenters. The van der Waals surface area contributed by atoms with Crippen LogP contribution in [-0.2, 0) is 21.5 Å². The minimum Gasteiger partial charge on any atom is -0.373 e. The van der Waals surface area contributed by atoms with E-state index < -0.39 is 10.2 Å². The van der Waals surface area contributed by atoms with E-state index in [0.717, 1.165) is 31.1 Å². The van der Waals surface area contributed by atoms with Crippen LogP contribution < -0.4 is 0 Å². The number of ether oxygens (including phenoxy) is 1. The third-order valence-corrected chi connectivity index (χ3v) is 7.13. The largest absolute Gasteiger partial charge is 0.373 e. The fraction of sp³-hybridized carbons (Fsp3) is 0.667. The standard InChI is InChI=1S/C18H28ClN3O3S/c1-15-12-22(13-16(2)25-15)26(23,24)21-9-3-8-20(10-11-21)14-17-4-6-18(19)7-5-17/h4-7,15-16H,3,8-14H2,1-2H3. The van der Waals surface area contributed by atoms with Crippen LogP contribution in [0.1, 0.15) is 25.8 Å². The third-order valence-electron chi connectivity index (χ3n) is 4.91. The summed E-state index contributed by atoms with van der Waals surface area (Å²) in [4.78, 5) is 2.31. The molecule has 2 atom stereocenters. The first-order valence-corrected chi connectivity index (χ1v) is 11.0. The molecule has 0 spiro atoms. The smallest absolute Gasteiger partial charge is 0.282 e. The first-order chi connectivity index (χ1) is 12.3. The van der Waals surface area contributed by atoms with Gasteiger partial charge in [0, 0.05) is 44.3 Å². The zero-order valence-corrected chi connectivity index (χ0v) is 17.0. The molecule has 2 aliphatic rings. The van der Waals surface area contributed by atoms with E-state index in [-0.39, 0.29) is 12.2 Å². The molecule has 2 saturated heterocycles. The van der Waals surface area contributed by atoms with Crippen molar-refractivity contribution in [1.29, 1.82) is 0 Å². The Balaban J connectivity index is 1.61. The molecular formula is C18H28ClN3O3S. The summed E-state index contributed by atoms with van der Waals surface area (Å²) in [7, 11) is -3.43. The van der Waals surface area contributed by atoms with Gasteiger partial charge in [0.1, 0.15) is 0 Å². The Kier molecular flexibility index (Phi) is 6.59. The van der Waals surface area contributed by atoms with Gasteiger partial charge < -0.3 is 4.74 Å². The number of hydrogen-bond donors (Lipinski definition) is 0. The summed E-state index contributed by atoms with van der Waals surface area (Å²) >= 11 is 5.94. The van der Waals surface area contributed by atoms with Gasteiger partial charge in [-0.15, -0.1) is 0 Å². The van der Waals surface area contributed by atoms with Crippen molar-refractivity contribution in [2.75, 3.05) is 39.3 Å². The Morgan fingerprint density at radius 3 is 2.31 bits per heavy atom. The first kappa shape index (κ1) is 20.0. The Hall–Kier alpha value is -0.700. The summed E-state index contributed by atoms with van der Waals surface area (Å²) in [5, 5.41) is 0.732. The predicted octanol–water partition coefficient (Wildman–Crippen LogP) is 2.20. The fourth-order valence-corrected chi connectivity index (χ4v) is 5.59. The van der Waals surface area contributed by atoms with Crippen molar-refractivity contribution in [1.82, 2.24) is 13.5 Å². The molecule has 0 N–H and O–H groups in total. The zero-order valence-electron chi connectivity index (χ0n) is 15.5. The molecule has 2 heterocycles. The van der Waals surface area contributed by atoms with E-state index in [1.165, 1.54) is 5.56 Å². The predicted molar refractivity (Wildman–Crippen MR) is 103 cm³/mol. The highest BCUT2D eigenvalue weighted by Gasteiger charge is 2.35. The van der Waals surface area contributed by atoms with Crippen LogP contribution in [0.4, 0.5) is 0 Å². The SMILES string of the molecule is CC1CN(S(=O)(=O)N2CCCN(Cc3ccc(Cl)cc3)CC2)CC(C)O1. The Morgan fingerprint density at radius 1 is 1.00 bits per heavy atom. The second kappa shape index (κ2) is 8.54. The maximum Gasteiger partial charge on any atom is 0.282 e. The number of morpholine rings is 1. The average Bonchev–Trinajstić information content (AvgIpc) is 2.82. The lowest BCUT2D eigenvalue weighted by Gasteiger charge is -2.37. The van der Waals surface area contributed by atoms with Crippen molar-refractivity contribution in [3.05, 3.63) is 34.9 Å². The molecule has 3 rings (SSSR count). The molecule has 0 saturated carbocycles. The average molecular weight is 402 g/mol. The van der Waals surface area contributed by atoms with Gasteiger partial charge in [-0.05, 0) is 44.5 Å². The molecule has 2 aliphatic heterocycles. The molecule has 0 radical (unpaired) electrons. The molecule has 0 aromatic heterocycles. The van der Waals surface area contributed by atoms with Gasteiger partial charge in [-0.3, -0.25) is 4.90 Å². The molecule has 6 nitrogen and oxygen atoms in total. The van der Waals surface area contributed by atoms with Gasteiger partial charge in [-0.1, -0.05) is 23.7 Å². The van der Waals surface area contributed by atoms with Gasteiger partial charge in [0.25, 0.3) is 10.2 Å². The minimum atomic E-state index is -3.43.